The second kappa shape index (κ2) is 5.47. The lowest BCUT2D eigenvalue weighted by Gasteiger charge is -2.30. The summed E-state index contributed by atoms with van der Waals surface area (Å²) in [6, 6.07) is 0. The van der Waals surface area contributed by atoms with E-state index in [1.807, 2.05) is 6.92 Å². The van der Waals surface area contributed by atoms with E-state index in [0.29, 0.717) is 5.02 Å². The van der Waals surface area contributed by atoms with Gasteiger partial charge in [-0.2, -0.15) is 4.99 Å². The summed E-state index contributed by atoms with van der Waals surface area (Å²) in [5.41, 5.74) is 3.57. The minimum absolute atomic E-state index is 0.135. The number of halogens is 1. The fourth-order valence-electron chi connectivity index (χ4n) is 4.18. The first-order valence-electron chi connectivity index (χ1n) is 7.73. The first-order chi connectivity index (χ1) is 10.1. The maximum Gasteiger partial charge on any atom is 0.235 e. The molecule has 0 aromatic heterocycles. The van der Waals surface area contributed by atoms with Crippen LogP contribution in [0.15, 0.2) is 4.99 Å². The number of aliphatic imine (C=N–C) groups is 1. The van der Waals surface area contributed by atoms with Crippen molar-refractivity contribution in [2.24, 2.45) is 4.99 Å². The van der Waals surface area contributed by atoms with Crippen molar-refractivity contribution in [2.75, 3.05) is 0 Å². The quantitative estimate of drug-likeness (QED) is 0.653. The Morgan fingerprint density at radius 2 is 1.76 bits per heavy atom. The Kier molecular flexibility index (Phi) is 3.81. The van der Waals surface area contributed by atoms with Crippen molar-refractivity contribution in [1.82, 2.24) is 0 Å². The van der Waals surface area contributed by atoms with Crippen LogP contribution in [0.25, 0.3) is 0 Å². The van der Waals surface area contributed by atoms with Gasteiger partial charge in [0.2, 0.25) is 6.08 Å². The summed E-state index contributed by atoms with van der Waals surface area (Å²) in [4.78, 5) is 15.0. The van der Waals surface area contributed by atoms with Gasteiger partial charge < -0.3 is 5.11 Å². The molecule has 112 valence electrons. The lowest BCUT2D eigenvalue weighted by atomic mass is 9.78. The molecule has 0 saturated heterocycles. The zero-order valence-corrected chi connectivity index (χ0v) is 13.1. The van der Waals surface area contributed by atoms with Gasteiger partial charge in [0.25, 0.3) is 0 Å². The number of hydrogen-bond acceptors (Lipinski definition) is 3. The molecule has 1 aromatic rings. The number of fused-ring (bicyclic) bond motifs is 1. The van der Waals surface area contributed by atoms with Gasteiger partial charge in [-0.3, -0.25) is 0 Å². The van der Waals surface area contributed by atoms with Gasteiger partial charge in [-0.1, -0.05) is 24.4 Å². The van der Waals surface area contributed by atoms with Crippen LogP contribution in [-0.2, 0) is 23.2 Å². The normalized spacial score (nSPS) is 19.9. The molecule has 1 saturated carbocycles. The Morgan fingerprint density at radius 1 is 1.14 bits per heavy atom. The van der Waals surface area contributed by atoms with Crippen LogP contribution in [0.3, 0.4) is 0 Å². The molecule has 0 unspecified atom stereocenters. The van der Waals surface area contributed by atoms with E-state index in [9.17, 15) is 9.90 Å². The molecule has 0 aliphatic heterocycles. The zero-order valence-electron chi connectivity index (χ0n) is 12.3. The smallest absolute Gasteiger partial charge is 0.235 e. The highest BCUT2D eigenvalue weighted by Gasteiger charge is 2.41. The second-order valence-electron chi connectivity index (χ2n) is 6.27. The predicted molar refractivity (Wildman–Crippen MR) is 82.8 cm³/mol. The molecule has 1 N–H and O–H groups in total. The van der Waals surface area contributed by atoms with Crippen LogP contribution < -0.4 is 0 Å². The number of benzene rings is 1. The summed E-state index contributed by atoms with van der Waals surface area (Å²) < 4.78 is 0. The number of phenolic OH excluding ortho intramolecular Hbond substituents is 1. The lowest BCUT2D eigenvalue weighted by molar-refractivity contribution is 0.404. The minimum Gasteiger partial charge on any atom is -0.506 e. The molecule has 3 nitrogen and oxygen atoms in total. The summed E-state index contributed by atoms with van der Waals surface area (Å²) in [5, 5.41) is 11.1. The van der Waals surface area contributed by atoms with E-state index in [0.717, 1.165) is 68.1 Å². The van der Waals surface area contributed by atoms with E-state index in [2.05, 4.69) is 4.99 Å². The largest absolute Gasteiger partial charge is 0.506 e. The average Bonchev–Trinajstić information content (AvgIpc) is 2.95. The molecule has 0 amide bonds. The van der Waals surface area contributed by atoms with Crippen molar-refractivity contribution >= 4 is 17.7 Å². The highest BCUT2D eigenvalue weighted by Crippen LogP contribution is 2.51. The van der Waals surface area contributed by atoms with Crippen LogP contribution in [0, 0.1) is 6.92 Å². The van der Waals surface area contributed by atoms with E-state index in [1.165, 1.54) is 5.56 Å². The van der Waals surface area contributed by atoms with Crippen LogP contribution in [0.1, 0.15) is 60.8 Å². The van der Waals surface area contributed by atoms with Gasteiger partial charge in [-0.15, -0.1) is 0 Å². The highest BCUT2D eigenvalue weighted by molar-refractivity contribution is 6.33. The number of isocyanates is 1. The van der Waals surface area contributed by atoms with Crippen molar-refractivity contribution in [3.63, 3.8) is 0 Å². The number of aromatic hydroxyl groups is 1. The standard InChI is InChI=1S/C17H20ClNO2/c1-11-12-6-2-3-7-13(12)15(18)16(21)14(11)17(19-10-20)8-4-5-9-17/h21H,2-9H2,1H3. The van der Waals surface area contributed by atoms with Crippen molar-refractivity contribution in [3.05, 3.63) is 27.3 Å². The summed E-state index contributed by atoms with van der Waals surface area (Å²) >= 11 is 6.44. The van der Waals surface area contributed by atoms with Gasteiger partial charge in [0.15, 0.2) is 0 Å². The molecule has 1 aromatic carbocycles. The molecule has 3 rings (SSSR count). The molecule has 0 spiro atoms. The van der Waals surface area contributed by atoms with Crippen molar-refractivity contribution in [1.29, 1.82) is 0 Å². The SMILES string of the molecule is Cc1c2c(c(Cl)c(O)c1C1(N=C=O)CCCC1)CCCC2. The van der Waals surface area contributed by atoms with Gasteiger partial charge >= 0.3 is 0 Å². The average molecular weight is 306 g/mol. The number of carbonyl (C=O) groups excluding carboxylic acids is 1. The third-order valence-corrected chi connectivity index (χ3v) is 5.57. The first kappa shape index (κ1) is 14.6. The van der Waals surface area contributed by atoms with E-state index in [1.54, 1.807) is 6.08 Å². The number of nitrogens with zero attached hydrogens (tertiary/aromatic N) is 1. The minimum atomic E-state index is -0.619. The van der Waals surface area contributed by atoms with E-state index >= 15 is 0 Å². The first-order valence-corrected chi connectivity index (χ1v) is 8.11. The van der Waals surface area contributed by atoms with Gasteiger partial charge in [0.05, 0.1) is 5.02 Å². The van der Waals surface area contributed by atoms with Gasteiger partial charge in [-0.25, -0.2) is 4.79 Å². The topological polar surface area (TPSA) is 49.7 Å². The molecule has 4 heteroatoms. The van der Waals surface area contributed by atoms with Crippen LogP contribution >= 0.6 is 11.6 Å². The van der Waals surface area contributed by atoms with Gasteiger partial charge in [0.1, 0.15) is 11.3 Å². The Bertz CT molecular complexity index is 626. The molecular formula is C17H20ClNO2. The molecule has 0 heterocycles. The fraction of sp³-hybridized carbons (Fsp3) is 0.588. The molecule has 0 radical (unpaired) electrons. The molecule has 0 atom stereocenters. The van der Waals surface area contributed by atoms with Gasteiger partial charge in [-0.05, 0) is 62.1 Å². The maximum atomic E-state index is 10.9. The Labute approximate surface area is 130 Å². The summed E-state index contributed by atoms with van der Waals surface area (Å²) in [5.74, 6) is 0.135. The van der Waals surface area contributed by atoms with Crippen molar-refractivity contribution in [3.8, 4) is 5.75 Å². The fourth-order valence-corrected chi connectivity index (χ4v) is 4.48. The Morgan fingerprint density at radius 3 is 2.38 bits per heavy atom. The summed E-state index contributed by atoms with van der Waals surface area (Å²) in [6.45, 7) is 2.04. The molecule has 1 fully saturated rings. The number of hydrogen-bond donors (Lipinski definition) is 1. The highest BCUT2D eigenvalue weighted by atomic mass is 35.5. The predicted octanol–water partition coefficient (Wildman–Crippen LogP) is 4.34. The number of phenols is 1. The van der Waals surface area contributed by atoms with Crippen LogP contribution in [0.2, 0.25) is 5.02 Å². The Hall–Kier alpha value is -1.31. The second-order valence-corrected chi connectivity index (χ2v) is 6.65. The van der Waals surface area contributed by atoms with E-state index < -0.39 is 5.54 Å². The van der Waals surface area contributed by atoms with Gasteiger partial charge in [0, 0.05) is 5.56 Å². The molecule has 21 heavy (non-hydrogen) atoms. The molecular weight excluding hydrogens is 286 g/mol. The summed E-state index contributed by atoms with van der Waals surface area (Å²) in [7, 11) is 0. The lowest BCUT2D eigenvalue weighted by Crippen LogP contribution is -2.23. The van der Waals surface area contributed by atoms with Crippen molar-refractivity contribution in [2.45, 2.75) is 63.8 Å². The monoisotopic (exact) mass is 305 g/mol. The third kappa shape index (κ3) is 2.20. The summed E-state index contributed by atoms with van der Waals surface area (Å²) in [6.07, 6.45) is 9.50. The van der Waals surface area contributed by atoms with Crippen LogP contribution in [0.5, 0.6) is 5.75 Å². The molecule has 2 aliphatic rings. The Balaban J connectivity index is 2.27. The third-order valence-electron chi connectivity index (χ3n) is 5.16. The molecule has 0 bridgehead atoms. The van der Waals surface area contributed by atoms with Crippen molar-refractivity contribution < 1.29 is 9.90 Å². The van der Waals surface area contributed by atoms with Crippen LogP contribution in [0.4, 0.5) is 0 Å². The zero-order chi connectivity index (χ0) is 15.0. The van der Waals surface area contributed by atoms with E-state index in [4.69, 9.17) is 11.6 Å². The number of rotatable bonds is 2. The maximum absolute atomic E-state index is 10.9. The molecule has 2 aliphatic carbocycles. The van der Waals surface area contributed by atoms with E-state index in [-0.39, 0.29) is 5.75 Å². The van der Waals surface area contributed by atoms with Crippen LogP contribution in [-0.4, -0.2) is 11.2 Å².